The maximum Gasteiger partial charge on any atom is 0.225 e. The van der Waals surface area contributed by atoms with Crippen molar-refractivity contribution in [3.8, 4) is 0 Å². The van der Waals surface area contributed by atoms with Gasteiger partial charge in [0.2, 0.25) is 5.91 Å². The van der Waals surface area contributed by atoms with Crippen LogP contribution in [0.5, 0.6) is 0 Å². The molecule has 2 unspecified atom stereocenters. The molecule has 1 aromatic carbocycles. The van der Waals surface area contributed by atoms with Crippen molar-refractivity contribution in [2.75, 3.05) is 11.9 Å². The van der Waals surface area contributed by atoms with E-state index in [0.29, 0.717) is 13.0 Å². The minimum atomic E-state index is -0.398. The summed E-state index contributed by atoms with van der Waals surface area (Å²) >= 11 is 0. The van der Waals surface area contributed by atoms with Gasteiger partial charge in [0.15, 0.2) is 0 Å². The van der Waals surface area contributed by atoms with Crippen molar-refractivity contribution in [2.45, 2.75) is 46.3 Å². The zero-order valence-electron chi connectivity index (χ0n) is 12.2. The molecule has 0 aromatic heterocycles. The molecule has 1 amide bonds. The lowest BCUT2D eigenvalue weighted by atomic mass is 10.1. The molecule has 0 fully saturated rings. The van der Waals surface area contributed by atoms with Crippen molar-refractivity contribution >= 4 is 11.6 Å². The molecule has 0 saturated heterocycles. The van der Waals surface area contributed by atoms with E-state index in [4.69, 9.17) is 5.11 Å². The summed E-state index contributed by atoms with van der Waals surface area (Å²) in [5.74, 6) is -0.0162. The van der Waals surface area contributed by atoms with Crippen LogP contribution in [0.2, 0.25) is 0 Å². The van der Waals surface area contributed by atoms with Gasteiger partial charge in [-0.25, -0.2) is 0 Å². The third-order valence-electron chi connectivity index (χ3n) is 2.91. The highest BCUT2D eigenvalue weighted by molar-refractivity contribution is 5.91. The van der Waals surface area contributed by atoms with Crippen LogP contribution >= 0.6 is 0 Å². The lowest BCUT2D eigenvalue weighted by molar-refractivity contribution is -0.116. The van der Waals surface area contributed by atoms with Gasteiger partial charge in [-0.3, -0.25) is 4.79 Å². The van der Waals surface area contributed by atoms with E-state index in [1.54, 1.807) is 6.92 Å². The highest BCUT2D eigenvalue weighted by atomic mass is 16.3. The summed E-state index contributed by atoms with van der Waals surface area (Å²) in [5.41, 5.74) is 3.11. The van der Waals surface area contributed by atoms with E-state index in [1.165, 1.54) is 5.56 Å². The lowest BCUT2D eigenvalue weighted by Crippen LogP contribution is -2.35. The van der Waals surface area contributed by atoms with E-state index >= 15 is 0 Å². The Morgan fingerprint density at radius 3 is 2.58 bits per heavy atom. The number of carbonyl (C=O) groups is 1. The predicted octanol–water partition coefficient (Wildman–Crippen LogP) is 1.99. The Kier molecular flexibility index (Phi) is 5.99. The normalized spacial score (nSPS) is 13.9. The quantitative estimate of drug-likeness (QED) is 0.736. The van der Waals surface area contributed by atoms with Gasteiger partial charge in [-0.15, -0.1) is 0 Å². The Bertz CT molecular complexity index is 430. The van der Waals surface area contributed by atoms with Gasteiger partial charge in [0.25, 0.3) is 0 Å². The number of rotatable bonds is 6. The average Bonchev–Trinajstić information content (AvgIpc) is 2.30. The third kappa shape index (κ3) is 5.85. The first-order valence-corrected chi connectivity index (χ1v) is 6.67. The van der Waals surface area contributed by atoms with Gasteiger partial charge < -0.3 is 15.7 Å². The van der Waals surface area contributed by atoms with Crippen LogP contribution in [-0.2, 0) is 4.79 Å². The third-order valence-corrected chi connectivity index (χ3v) is 2.91. The first-order valence-electron chi connectivity index (χ1n) is 6.67. The van der Waals surface area contributed by atoms with Crippen LogP contribution in [0.25, 0.3) is 0 Å². The van der Waals surface area contributed by atoms with Gasteiger partial charge in [0, 0.05) is 24.7 Å². The van der Waals surface area contributed by atoms with Crippen molar-refractivity contribution in [1.82, 2.24) is 5.32 Å². The monoisotopic (exact) mass is 264 g/mol. The molecule has 1 aromatic rings. The first-order chi connectivity index (χ1) is 8.88. The van der Waals surface area contributed by atoms with E-state index in [0.717, 1.165) is 11.3 Å². The van der Waals surface area contributed by atoms with Crippen LogP contribution in [0.15, 0.2) is 18.2 Å². The highest BCUT2D eigenvalue weighted by Gasteiger charge is 2.10. The number of nitrogens with one attached hydrogen (secondary N) is 2. The Balaban J connectivity index is 2.46. The van der Waals surface area contributed by atoms with Gasteiger partial charge in [0.1, 0.15) is 0 Å². The number of anilines is 1. The zero-order valence-corrected chi connectivity index (χ0v) is 12.2. The Labute approximate surface area is 115 Å². The SMILES string of the molecule is Cc1ccc(NC(=O)CC(C)NCC(C)O)c(C)c1. The second-order valence-corrected chi connectivity index (χ2v) is 5.23. The van der Waals surface area contributed by atoms with Gasteiger partial charge >= 0.3 is 0 Å². The van der Waals surface area contributed by atoms with Crippen LogP contribution < -0.4 is 10.6 Å². The molecule has 0 aliphatic rings. The van der Waals surface area contributed by atoms with Crippen molar-refractivity contribution < 1.29 is 9.90 Å². The van der Waals surface area contributed by atoms with Gasteiger partial charge in [0.05, 0.1) is 6.10 Å². The topological polar surface area (TPSA) is 61.4 Å². The predicted molar refractivity (Wildman–Crippen MR) is 78.3 cm³/mol. The fraction of sp³-hybridized carbons (Fsp3) is 0.533. The molecule has 1 rings (SSSR count). The Hall–Kier alpha value is -1.39. The van der Waals surface area contributed by atoms with Crippen molar-refractivity contribution in [2.24, 2.45) is 0 Å². The fourth-order valence-corrected chi connectivity index (χ4v) is 1.88. The maximum absolute atomic E-state index is 11.9. The molecule has 3 N–H and O–H groups in total. The minimum absolute atomic E-state index is 0.0162. The van der Waals surface area contributed by atoms with Gasteiger partial charge in [-0.05, 0) is 39.3 Å². The van der Waals surface area contributed by atoms with Crippen molar-refractivity contribution in [3.05, 3.63) is 29.3 Å². The van der Waals surface area contributed by atoms with E-state index in [2.05, 4.69) is 10.6 Å². The van der Waals surface area contributed by atoms with Gasteiger partial charge in [-0.2, -0.15) is 0 Å². The Morgan fingerprint density at radius 2 is 2.00 bits per heavy atom. The van der Waals surface area contributed by atoms with Crippen molar-refractivity contribution in [3.63, 3.8) is 0 Å². The number of hydrogen-bond acceptors (Lipinski definition) is 3. The van der Waals surface area contributed by atoms with Crippen LogP contribution in [0.4, 0.5) is 5.69 Å². The number of amides is 1. The molecule has 0 saturated carbocycles. The first kappa shape index (κ1) is 15.7. The average molecular weight is 264 g/mol. The molecule has 0 spiro atoms. The lowest BCUT2D eigenvalue weighted by Gasteiger charge is -2.15. The molecule has 4 heteroatoms. The number of hydrogen-bond donors (Lipinski definition) is 3. The molecule has 19 heavy (non-hydrogen) atoms. The largest absolute Gasteiger partial charge is 0.392 e. The molecule has 0 aliphatic carbocycles. The van der Waals surface area contributed by atoms with Crippen LogP contribution in [0, 0.1) is 13.8 Å². The summed E-state index contributed by atoms with van der Waals surface area (Å²) in [6.07, 6.45) is -0.00936. The van der Waals surface area contributed by atoms with Crippen LogP contribution in [0.3, 0.4) is 0 Å². The summed E-state index contributed by atoms with van der Waals surface area (Å²) < 4.78 is 0. The van der Waals surface area contributed by atoms with E-state index in [9.17, 15) is 4.79 Å². The standard InChI is InChI=1S/C15H24N2O2/c1-10-5-6-14(11(2)7-10)17-15(19)8-12(3)16-9-13(4)18/h5-7,12-13,16,18H,8-9H2,1-4H3,(H,17,19). The second kappa shape index (κ2) is 7.26. The number of benzene rings is 1. The van der Waals surface area contributed by atoms with E-state index < -0.39 is 6.10 Å². The number of aliphatic hydroxyl groups excluding tert-OH is 1. The molecular weight excluding hydrogens is 240 g/mol. The summed E-state index contributed by atoms with van der Waals surface area (Å²) in [7, 11) is 0. The summed E-state index contributed by atoms with van der Waals surface area (Å²) in [6, 6.07) is 6.00. The highest BCUT2D eigenvalue weighted by Crippen LogP contribution is 2.16. The van der Waals surface area contributed by atoms with E-state index in [1.807, 2.05) is 39.0 Å². The zero-order chi connectivity index (χ0) is 14.4. The fourth-order valence-electron chi connectivity index (χ4n) is 1.88. The van der Waals surface area contributed by atoms with E-state index in [-0.39, 0.29) is 11.9 Å². The molecule has 106 valence electrons. The maximum atomic E-state index is 11.9. The molecule has 2 atom stereocenters. The number of aryl methyl sites for hydroxylation is 2. The second-order valence-electron chi connectivity index (χ2n) is 5.23. The summed E-state index contributed by atoms with van der Waals surface area (Å²) in [5, 5.41) is 15.2. The minimum Gasteiger partial charge on any atom is -0.392 e. The number of aliphatic hydroxyl groups is 1. The van der Waals surface area contributed by atoms with Gasteiger partial charge in [-0.1, -0.05) is 17.7 Å². The Morgan fingerprint density at radius 1 is 1.32 bits per heavy atom. The summed E-state index contributed by atoms with van der Waals surface area (Å²) in [4.78, 5) is 11.9. The summed E-state index contributed by atoms with van der Waals surface area (Å²) in [6.45, 7) is 8.16. The molecule has 0 bridgehead atoms. The number of carbonyl (C=O) groups excluding carboxylic acids is 1. The molecule has 0 heterocycles. The van der Waals surface area contributed by atoms with Crippen LogP contribution in [-0.4, -0.2) is 29.7 Å². The van der Waals surface area contributed by atoms with Crippen molar-refractivity contribution in [1.29, 1.82) is 0 Å². The smallest absolute Gasteiger partial charge is 0.225 e. The van der Waals surface area contributed by atoms with Crippen LogP contribution in [0.1, 0.15) is 31.4 Å². The molecule has 0 radical (unpaired) electrons. The molecule has 4 nitrogen and oxygen atoms in total. The molecule has 0 aliphatic heterocycles. The molecular formula is C15H24N2O2.